The van der Waals surface area contributed by atoms with E-state index >= 15 is 0 Å². The molecule has 0 saturated heterocycles. The van der Waals surface area contributed by atoms with Crippen LogP contribution in [-0.2, 0) is 15.8 Å². The number of halogens is 3. The van der Waals surface area contributed by atoms with Gasteiger partial charge in [0.25, 0.3) is 5.91 Å². The third-order valence-electron chi connectivity index (χ3n) is 9.60. The largest absolute Gasteiger partial charge is 0.586 e. The fourth-order valence-corrected chi connectivity index (χ4v) is 6.49. The number of nitrogens with two attached hydrogens (primary N) is 1. The molecular formula is C35H31ClF2N4O7. The number of benzene rings is 2. The van der Waals surface area contributed by atoms with Crippen LogP contribution in [0, 0.1) is 12.8 Å². The fraction of sp³-hybridized carbons (Fsp3) is 0.371. The maximum atomic E-state index is 13.8. The third kappa shape index (κ3) is 5.45. The molecule has 0 radical (unpaired) electrons. The highest BCUT2D eigenvalue weighted by molar-refractivity contribution is 6.30. The second kappa shape index (κ2) is 10.9. The molecule has 11 nitrogen and oxygen atoms in total. The number of pyridine rings is 2. The van der Waals surface area contributed by atoms with E-state index in [1.807, 2.05) is 13.0 Å². The Morgan fingerprint density at radius 3 is 2.57 bits per heavy atom. The van der Waals surface area contributed by atoms with E-state index in [1.54, 1.807) is 25.1 Å². The van der Waals surface area contributed by atoms with E-state index in [4.69, 9.17) is 31.8 Å². The van der Waals surface area contributed by atoms with Crippen molar-refractivity contribution in [3.05, 3.63) is 70.0 Å². The smallest absolute Gasteiger partial charge is 0.489 e. The highest BCUT2D eigenvalue weighted by atomic mass is 35.5. The molecule has 4 heterocycles. The number of nitrogens with one attached hydrogen (secondary N) is 1. The van der Waals surface area contributed by atoms with Crippen molar-refractivity contribution in [3.8, 4) is 34.3 Å². The van der Waals surface area contributed by atoms with Gasteiger partial charge in [-0.1, -0.05) is 11.6 Å². The SMILES string of the molecule is Cc1cc2cc(C(=O)NC[C@](O)(c3cc4c(c(-c5ccc6c(c5)OC(F)(F)O6)n3)OC[C@]4(C)C(N)=O)C3CC3)cc(OC3CC3)c2nc1Cl. The lowest BCUT2D eigenvalue weighted by Gasteiger charge is -2.30. The maximum Gasteiger partial charge on any atom is 0.586 e. The molecule has 0 unspecified atom stereocenters. The van der Waals surface area contributed by atoms with Crippen LogP contribution >= 0.6 is 11.6 Å². The number of aromatic nitrogens is 2. The number of aryl methyl sites for hydroxylation is 1. The van der Waals surface area contributed by atoms with E-state index in [2.05, 4.69) is 19.8 Å². The highest BCUT2D eigenvalue weighted by Gasteiger charge is 2.50. The van der Waals surface area contributed by atoms with Crippen molar-refractivity contribution in [2.45, 2.75) is 62.9 Å². The average Bonchev–Trinajstić information content (AvgIpc) is 3.99. The van der Waals surface area contributed by atoms with Crippen molar-refractivity contribution in [2.24, 2.45) is 11.7 Å². The topological polar surface area (TPSA) is 155 Å². The number of ether oxygens (including phenoxy) is 4. The zero-order valence-electron chi connectivity index (χ0n) is 26.4. The summed E-state index contributed by atoms with van der Waals surface area (Å²) in [4.78, 5) is 35.7. The zero-order valence-corrected chi connectivity index (χ0v) is 27.2. The monoisotopic (exact) mass is 692 g/mol. The van der Waals surface area contributed by atoms with Crippen LogP contribution in [0.2, 0.25) is 5.15 Å². The van der Waals surface area contributed by atoms with E-state index < -0.39 is 29.1 Å². The van der Waals surface area contributed by atoms with Crippen molar-refractivity contribution in [3.63, 3.8) is 0 Å². The van der Waals surface area contributed by atoms with Gasteiger partial charge in [0.05, 0.1) is 18.3 Å². The van der Waals surface area contributed by atoms with E-state index in [0.29, 0.717) is 51.3 Å². The van der Waals surface area contributed by atoms with Crippen molar-refractivity contribution >= 4 is 34.3 Å². The lowest BCUT2D eigenvalue weighted by Crippen LogP contribution is -2.44. The number of alkyl halides is 2. The summed E-state index contributed by atoms with van der Waals surface area (Å²) in [5, 5.41) is 16.3. The summed E-state index contributed by atoms with van der Waals surface area (Å²) in [6.45, 7) is 3.13. The molecule has 2 aromatic carbocycles. The first-order chi connectivity index (χ1) is 23.2. The van der Waals surface area contributed by atoms with Crippen molar-refractivity contribution in [2.75, 3.05) is 13.2 Å². The lowest BCUT2D eigenvalue weighted by atomic mass is 9.81. The maximum absolute atomic E-state index is 13.8. The van der Waals surface area contributed by atoms with Crippen LogP contribution in [0.15, 0.2) is 42.5 Å². The number of fused-ring (bicyclic) bond motifs is 3. The summed E-state index contributed by atoms with van der Waals surface area (Å²) in [6.07, 6.45) is -0.670. The summed E-state index contributed by atoms with van der Waals surface area (Å²) < 4.78 is 48.9. The van der Waals surface area contributed by atoms with Crippen molar-refractivity contribution in [1.29, 1.82) is 0 Å². The van der Waals surface area contributed by atoms with Crippen LogP contribution in [0.3, 0.4) is 0 Å². The Labute approximate surface area is 283 Å². The van der Waals surface area contributed by atoms with Gasteiger partial charge in [0.1, 0.15) is 45.5 Å². The average molecular weight is 693 g/mol. The molecule has 14 heteroatoms. The summed E-state index contributed by atoms with van der Waals surface area (Å²) in [6, 6.07) is 10.9. The normalized spacial score (nSPS) is 21.5. The Morgan fingerprint density at radius 2 is 1.86 bits per heavy atom. The van der Waals surface area contributed by atoms with Crippen LogP contribution in [0.5, 0.6) is 23.0 Å². The molecule has 8 rings (SSSR count). The first-order valence-corrected chi connectivity index (χ1v) is 16.3. The number of carbonyl (C=O) groups excluding carboxylic acids is 2. The molecule has 4 N–H and O–H groups in total. The number of nitrogens with zero attached hydrogens (tertiary/aromatic N) is 2. The van der Waals surface area contributed by atoms with Gasteiger partial charge >= 0.3 is 6.29 Å². The molecule has 254 valence electrons. The second-order valence-corrected chi connectivity index (χ2v) is 13.7. The molecule has 2 saturated carbocycles. The zero-order chi connectivity index (χ0) is 34.5. The van der Waals surface area contributed by atoms with Gasteiger partial charge in [-0.15, -0.1) is 8.78 Å². The van der Waals surface area contributed by atoms with Gasteiger partial charge in [-0.05, 0) is 93.5 Å². The molecule has 2 amide bonds. The van der Waals surface area contributed by atoms with Gasteiger partial charge in [-0.25, -0.2) is 9.97 Å². The molecule has 49 heavy (non-hydrogen) atoms. The Bertz CT molecular complexity index is 2090. The molecule has 4 aliphatic rings. The fourth-order valence-electron chi connectivity index (χ4n) is 6.35. The van der Waals surface area contributed by atoms with E-state index in [-0.39, 0.29) is 53.8 Å². The molecule has 2 aliphatic carbocycles. The lowest BCUT2D eigenvalue weighted by molar-refractivity contribution is -0.286. The first kappa shape index (κ1) is 31.5. The van der Waals surface area contributed by atoms with E-state index in [9.17, 15) is 23.5 Å². The van der Waals surface area contributed by atoms with Gasteiger partial charge in [-0.2, -0.15) is 0 Å². The summed E-state index contributed by atoms with van der Waals surface area (Å²) >= 11 is 6.31. The van der Waals surface area contributed by atoms with Crippen LogP contribution < -0.4 is 30.0 Å². The minimum atomic E-state index is -3.83. The molecule has 2 fully saturated rings. The Morgan fingerprint density at radius 1 is 1.10 bits per heavy atom. The predicted octanol–water partition coefficient (Wildman–Crippen LogP) is 5.28. The second-order valence-electron chi connectivity index (χ2n) is 13.4. The Balaban J connectivity index is 1.17. The van der Waals surface area contributed by atoms with Gasteiger partial charge in [-0.3, -0.25) is 9.59 Å². The molecular weight excluding hydrogens is 662 g/mol. The number of primary amides is 1. The van der Waals surface area contributed by atoms with Crippen LogP contribution in [-0.4, -0.2) is 52.4 Å². The van der Waals surface area contributed by atoms with Crippen LogP contribution in [0.25, 0.3) is 22.2 Å². The number of rotatable bonds is 9. The molecule has 4 aromatic rings. The third-order valence-corrected chi connectivity index (χ3v) is 9.98. The Hall–Kier alpha value is -4.75. The van der Waals surface area contributed by atoms with Crippen molar-refractivity contribution < 1.29 is 42.4 Å². The predicted molar refractivity (Wildman–Crippen MR) is 172 cm³/mol. The number of carbonyl (C=O) groups is 2. The molecule has 2 aliphatic heterocycles. The first-order valence-electron chi connectivity index (χ1n) is 15.9. The van der Waals surface area contributed by atoms with Gasteiger partial charge in [0.2, 0.25) is 5.91 Å². The van der Waals surface area contributed by atoms with Gasteiger partial charge < -0.3 is 35.1 Å². The highest BCUT2D eigenvalue weighted by Crippen LogP contribution is 2.51. The standard InChI is InChI=1S/C35H31ClF2N4O7/c1-16-9-18-10-19(12-25(47-21-6-7-21)27(18)42-30(16)36)31(43)40-14-34(45,20-4-5-20)26-13-22-29(46-15-33(22,2)32(39)44)28(41-26)17-3-8-23-24(11-17)49-35(37,38)48-23/h3,8-13,20-21,45H,4-7,14-15H2,1-2H3,(H2,39,44)(H,40,43)/t33-,34+/m0/s1. The summed E-state index contributed by atoms with van der Waals surface area (Å²) in [5.41, 5.74) is 5.52. The number of amides is 2. The molecule has 2 aromatic heterocycles. The summed E-state index contributed by atoms with van der Waals surface area (Å²) in [5.74, 6) is -1.09. The van der Waals surface area contributed by atoms with E-state index in [0.717, 1.165) is 18.4 Å². The van der Waals surface area contributed by atoms with Gasteiger partial charge in [0, 0.05) is 22.1 Å². The number of hydrogen-bond donors (Lipinski definition) is 3. The number of aliphatic hydroxyl groups is 1. The minimum Gasteiger partial charge on any atom is -0.489 e. The van der Waals surface area contributed by atoms with Gasteiger partial charge in [0.15, 0.2) is 11.5 Å². The summed E-state index contributed by atoms with van der Waals surface area (Å²) in [7, 11) is 0. The molecule has 2 atom stereocenters. The number of hydrogen-bond acceptors (Lipinski definition) is 9. The quantitative estimate of drug-likeness (QED) is 0.199. The minimum absolute atomic E-state index is 0.0414. The van der Waals surface area contributed by atoms with Crippen LogP contribution in [0.4, 0.5) is 8.78 Å². The van der Waals surface area contributed by atoms with Crippen molar-refractivity contribution in [1.82, 2.24) is 15.3 Å². The molecule has 0 spiro atoms. The van der Waals surface area contributed by atoms with Crippen LogP contribution in [0.1, 0.15) is 59.8 Å². The Kier molecular flexibility index (Phi) is 7.00. The molecule has 0 bridgehead atoms. The van der Waals surface area contributed by atoms with E-state index in [1.165, 1.54) is 18.2 Å².